The Balaban J connectivity index is 1.80. The van der Waals surface area contributed by atoms with Gasteiger partial charge in [0.1, 0.15) is 5.82 Å². The summed E-state index contributed by atoms with van der Waals surface area (Å²) in [6.45, 7) is 0.619. The number of amides is 1. The summed E-state index contributed by atoms with van der Waals surface area (Å²) in [4.78, 5) is 29.0. The van der Waals surface area contributed by atoms with Gasteiger partial charge in [-0.3, -0.25) is 14.2 Å². The van der Waals surface area contributed by atoms with Crippen LogP contribution >= 0.6 is 15.9 Å². The van der Waals surface area contributed by atoms with E-state index in [0.29, 0.717) is 18.4 Å². The molecule has 2 aliphatic rings. The molecule has 0 radical (unpaired) electrons. The van der Waals surface area contributed by atoms with Gasteiger partial charge in [-0.15, -0.1) is 0 Å². The summed E-state index contributed by atoms with van der Waals surface area (Å²) in [6, 6.07) is 5.57. The number of nitrogens with zero attached hydrogens (tertiary/aromatic N) is 2. The molecular weight excluding hydrogens is 346 g/mol. The lowest BCUT2D eigenvalue weighted by atomic mass is 9.89. The Morgan fingerprint density at radius 2 is 2.00 bits per heavy atom. The highest BCUT2D eigenvalue weighted by Crippen LogP contribution is 2.31. The molecule has 1 aromatic heterocycles. The van der Waals surface area contributed by atoms with Crippen LogP contribution in [0.4, 0.5) is 0 Å². The van der Waals surface area contributed by atoms with E-state index >= 15 is 0 Å². The fourth-order valence-electron chi connectivity index (χ4n) is 3.61. The molecule has 3 heterocycles. The summed E-state index contributed by atoms with van der Waals surface area (Å²) in [7, 11) is 0. The molecule has 0 aliphatic carbocycles. The molecule has 1 fully saturated rings. The number of hydrogen-bond acceptors (Lipinski definition) is 3. The van der Waals surface area contributed by atoms with Crippen molar-refractivity contribution in [2.45, 2.75) is 44.2 Å². The van der Waals surface area contributed by atoms with Crippen LogP contribution in [0.15, 0.2) is 27.5 Å². The number of nitrogens with one attached hydrogen (secondary N) is 1. The molecule has 1 atom stereocenters. The highest BCUT2D eigenvalue weighted by atomic mass is 79.9. The van der Waals surface area contributed by atoms with E-state index < -0.39 is 0 Å². The number of benzene rings is 1. The van der Waals surface area contributed by atoms with Gasteiger partial charge in [-0.2, -0.15) is 0 Å². The fourth-order valence-corrected chi connectivity index (χ4v) is 3.96. The van der Waals surface area contributed by atoms with Gasteiger partial charge in [0.15, 0.2) is 0 Å². The lowest BCUT2D eigenvalue weighted by Crippen LogP contribution is -2.42. The van der Waals surface area contributed by atoms with E-state index in [1.165, 1.54) is 0 Å². The van der Waals surface area contributed by atoms with Crippen molar-refractivity contribution >= 4 is 32.7 Å². The second-order valence-corrected chi connectivity index (χ2v) is 7.14. The number of fused-ring (bicyclic) bond motifs is 2. The van der Waals surface area contributed by atoms with Crippen molar-refractivity contribution in [1.29, 1.82) is 0 Å². The number of carbonyl (C=O) groups excluding carboxylic acids is 1. The maximum absolute atomic E-state index is 12.7. The molecule has 5 nitrogen and oxygen atoms in total. The Hall–Kier alpha value is -1.69. The lowest BCUT2D eigenvalue weighted by Gasteiger charge is -2.26. The van der Waals surface area contributed by atoms with E-state index in [4.69, 9.17) is 4.98 Å². The summed E-state index contributed by atoms with van der Waals surface area (Å²) < 4.78 is 2.71. The minimum atomic E-state index is -0.149. The monoisotopic (exact) mass is 361 g/mol. The molecule has 0 saturated carbocycles. The van der Waals surface area contributed by atoms with Crippen LogP contribution in [0.25, 0.3) is 10.9 Å². The zero-order valence-electron chi connectivity index (χ0n) is 12.1. The fraction of sp³-hybridized carbons (Fsp3) is 0.438. The van der Waals surface area contributed by atoms with Gasteiger partial charge in [0.25, 0.3) is 5.56 Å². The Morgan fingerprint density at radius 3 is 2.77 bits per heavy atom. The highest BCUT2D eigenvalue weighted by molar-refractivity contribution is 9.10. The number of hydrogen-bond donors (Lipinski definition) is 1. The molecule has 1 spiro atoms. The number of rotatable bonds is 0. The summed E-state index contributed by atoms with van der Waals surface area (Å²) in [5.74, 6) is 0.953. The summed E-state index contributed by atoms with van der Waals surface area (Å²) >= 11 is 3.43. The normalized spacial score (nSPS) is 24.3. The molecule has 2 aliphatic heterocycles. The second kappa shape index (κ2) is 4.91. The Kier molecular flexibility index (Phi) is 3.11. The average molecular weight is 362 g/mol. The Morgan fingerprint density at radius 1 is 1.18 bits per heavy atom. The third-order valence-electron chi connectivity index (χ3n) is 4.87. The predicted molar refractivity (Wildman–Crippen MR) is 86.7 cm³/mol. The van der Waals surface area contributed by atoms with E-state index in [9.17, 15) is 9.59 Å². The van der Waals surface area contributed by atoms with Gasteiger partial charge in [0.05, 0.1) is 10.9 Å². The van der Waals surface area contributed by atoms with Crippen LogP contribution in [0.1, 0.15) is 31.5 Å². The standard InChI is InChI=1S/C16H16BrN3O2/c17-10-1-2-11-12(9-10)18-13-3-5-16(6-4-14(21)19-16)7-8-20(13)15(11)22/h1-2,9H,3-8H2,(H,19,21). The first-order valence-electron chi connectivity index (χ1n) is 7.56. The maximum Gasteiger partial charge on any atom is 0.261 e. The Bertz CT molecular complexity index is 845. The molecule has 4 rings (SSSR count). The van der Waals surface area contributed by atoms with Crippen molar-refractivity contribution < 1.29 is 4.79 Å². The van der Waals surface area contributed by atoms with Crippen molar-refractivity contribution in [3.05, 3.63) is 38.9 Å². The minimum absolute atomic E-state index is 0.0221. The van der Waals surface area contributed by atoms with Crippen LogP contribution in [0.3, 0.4) is 0 Å². The van der Waals surface area contributed by atoms with E-state index in [2.05, 4.69) is 21.2 Å². The molecule has 1 amide bonds. The van der Waals surface area contributed by atoms with Crippen molar-refractivity contribution in [3.63, 3.8) is 0 Å². The van der Waals surface area contributed by atoms with Gasteiger partial charge in [-0.05, 0) is 37.5 Å². The van der Waals surface area contributed by atoms with Crippen LogP contribution < -0.4 is 10.9 Å². The molecule has 6 heteroatoms. The zero-order chi connectivity index (χ0) is 15.3. The average Bonchev–Trinajstić information content (AvgIpc) is 2.75. The van der Waals surface area contributed by atoms with Crippen molar-refractivity contribution in [2.75, 3.05) is 0 Å². The second-order valence-electron chi connectivity index (χ2n) is 6.22. The topological polar surface area (TPSA) is 64.0 Å². The van der Waals surface area contributed by atoms with Crippen molar-refractivity contribution in [3.8, 4) is 0 Å². The number of aromatic nitrogens is 2. The molecule has 2 aromatic rings. The van der Waals surface area contributed by atoms with E-state index in [1.807, 2.05) is 18.2 Å². The molecule has 1 N–H and O–H groups in total. The third-order valence-corrected chi connectivity index (χ3v) is 5.37. The van der Waals surface area contributed by atoms with Crippen LogP contribution in [0.5, 0.6) is 0 Å². The first kappa shape index (κ1) is 13.9. The molecule has 1 aromatic carbocycles. The van der Waals surface area contributed by atoms with Crippen molar-refractivity contribution in [2.24, 2.45) is 0 Å². The van der Waals surface area contributed by atoms with Gasteiger partial charge in [0.2, 0.25) is 5.91 Å². The van der Waals surface area contributed by atoms with Gasteiger partial charge in [0, 0.05) is 29.4 Å². The smallest absolute Gasteiger partial charge is 0.261 e. The third kappa shape index (κ3) is 2.17. The SMILES string of the molecule is O=C1CCC2(CCc3nc4cc(Br)ccc4c(=O)n3CC2)N1. The highest BCUT2D eigenvalue weighted by Gasteiger charge is 2.39. The van der Waals surface area contributed by atoms with E-state index in [-0.39, 0.29) is 17.0 Å². The quantitative estimate of drug-likeness (QED) is 0.781. The zero-order valence-corrected chi connectivity index (χ0v) is 13.6. The van der Waals surface area contributed by atoms with Crippen molar-refractivity contribution in [1.82, 2.24) is 14.9 Å². The van der Waals surface area contributed by atoms with Crippen LogP contribution in [-0.4, -0.2) is 21.0 Å². The predicted octanol–water partition coefficient (Wildman–Crippen LogP) is 2.14. The minimum Gasteiger partial charge on any atom is -0.351 e. The molecule has 114 valence electrons. The van der Waals surface area contributed by atoms with Gasteiger partial charge in [-0.1, -0.05) is 15.9 Å². The largest absolute Gasteiger partial charge is 0.351 e. The molecule has 1 saturated heterocycles. The summed E-state index contributed by atoms with van der Waals surface area (Å²) in [5, 5.41) is 3.78. The lowest BCUT2D eigenvalue weighted by molar-refractivity contribution is -0.119. The Labute approximate surface area is 135 Å². The first-order chi connectivity index (χ1) is 10.6. The molecule has 0 bridgehead atoms. The number of halogens is 1. The van der Waals surface area contributed by atoms with Gasteiger partial charge >= 0.3 is 0 Å². The number of carbonyl (C=O) groups is 1. The maximum atomic E-state index is 12.7. The van der Waals surface area contributed by atoms with E-state index in [1.54, 1.807) is 4.57 Å². The van der Waals surface area contributed by atoms with Crippen LogP contribution in [0.2, 0.25) is 0 Å². The van der Waals surface area contributed by atoms with Crippen LogP contribution in [0, 0.1) is 0 Å². The first-order valence-corrected chi connectivity index (χ1v) is 8.36. The van der Waals surface area contributed by atoms with Gasteiger partial charge < -0.3 is 5.32 Å². The summed E-state index contributed by atoms with van der Waals surface area (Å²) in [5.41, 5.74) is 0.607. The van der Waals surface area contributed by atoms with Crippen LogP contribution in [-0.2, 0) is 17.8 Å². The molecular formula is C16H16BrN3O2. The number of aryl methyl sites for hydroxylation is 1. The molecule has 1 unspecified atom stereocenters. The van der Waals surface area contributed by atoms with Gasteiger partial charge in [-0.25, -0.2) is 4.98 Å². The van der Waals surface area contributed by atoms with E-state index in [0.717, 1.165) is 41.5 Å². The molecule has 22 heavy (non-hydrogen) atoms. The summed E-state index contributed by atoms with van der Waals surface area (Å²) in [6.07, 6.45) is 3.82.